The molecule has 0 saturated heterocycles. The van der Waals surface area contributed by atoms with Gasteiger partial charge in [-0.1, -0.05) is 56.7 Å². The smallest absolute Gasteiger partial charge is 0.456 e. The van der Waals surface area contributed by atoms with Crippen LogP contribution < -0.4 is 0 Å². The van der Waals surface area contributed by atoms with Crippen LogP contribution in [0.5, 0.6) is 0 Å². The molecule has 10 nitrogen and oxygen atoms in total. The van der Waals surface area contributed by atoms with E-state index >= 15 is 0 Å². The number of carbonyl (C=O) groups excluding carboxylic acids is 4. The summed E-state index contributed by atoms with van der Waals surface area (Å²) >= 11 is 0. The zero-order valence-corrected chi connectivity index (χ0v) is 26.1. The summed E-state index contributed by atoms with van der Waals surface area (Å²) < 4.78 is 23.0. The molecule has 2 fully saturated rings. The van der Waals surface area contributed by atoms with Gasteiger partial charge in [0, 0.05) is 31.1 Å². The van der Waals surface area contributed by atoms with Crippen LogP contribution in [-0.2, 0) is 39.9 Å². The van der Waals surface area contributed by atoms with E-state index in [-0.39, 0.29) is 19.4 Å². The molecule has 0 unspecified atom stereocenters. The van der Waals surface area contributed by atoms with Crippen LogP contribution in [0.2, 0.25) is 0 Å². The molecule has 236 valence electrons. The van der Waals surface area contributed by atoms with E-state index < -0.39 is 76.6 Å². The molecule has 43 heavy (non-hydrogen) atoms. The van der Waals surface area contributed by atoms with Crippen molar-refractivity contribution in [3.05, 3.63) is 47.0 Å². The predicted octanol–water partition coefficient (Wildman–Crippen LogP) is 4.44. The summed E-state index contributed by atoms with van der Waals surface area (Å²) in [6, 6.07) is 9.04. The third kappa shape index (κ3) is 5.48. The molecule has 10 heteroatoms. The highest BCUT2D eigenvalue weighted by Gasteiger charge is 2.70. The molecule has 2 saturated carbocycles. The summed E-state index contributed by atoms with van der Waals surface area (Å²) in [6.45, 7) is 10.6. The molecule has 0 amide bonds. The molecule has 1 aromatic rings. The number of aliphatic hydroxyl groups is 2. The Morgan fingerprint density at radius 1 is 1.02 bits per heavy atom. The number of hydrogen-bond donors (Lipinski definition) is 2. The van der Waals surface area contributed by atoms with Gasteiger partial charge in [0.2, 0.25) is 0 Å². The molecule has 7 atom stereocenters. The molecule has 4 rings (SSSR count). The minimum atomic E-state index is -1.68. The number of esters is 2. The average molecular weight is 601 g/mol. The van der Waals surface area contributed by atoms with E-state index in [9.17, 15) is 29.4 Å². The second-order valence-corrected chi connectivity index (χ2v) is 13.2. The Hall–Kier alpha value is -3.24. The fourth-order valence-corrected chi connectivity index (χ4v) is 7.89. The monoisotopic (exact) mass is 600 g/mol. The highest BCUT2D eigenvalue weighted by Crippen LogP contribution is 2.62. The summed E-state index contributed by atoms with van der Waals surface area (Å²) in [4.78, 5) is 53.1. The van der Waals surface area contributed by atoms with Gasteiger partial charge in [0.25, 0.3) is 0 Å². The second-order valence-electron chi connectivity index (χ2n) is 13.2. The van der Waals surface area contributed by atoms with E-state index in [1.807, 2.05) is 39.0 Å². The fourth-order valence-electron chi connectivity index (χ4n) is 7.89. The molecular formula is C33H44O10. The van der Waals surface area contributed by atoms with E-state index in [4.69, 9.17) is 18.9 Å². The Bertz CT molecular complexity index is 1300. The third-order valence-electron chi connectivity index (χ3n) is 10.5. The number of Topliss-reactive ketones (excluding diaryl/α,β-unsaturated/α-hetero) is 1. The van der Waals surface area contributed by atoms with Crippen LogP contribution in [0.3, 0.4) is 0 Å². The fraction of sp³-hybridized carbons (Fsp3) is 0.636. The van der Waals surface area contributed by atoms with Crippen LogP contribution in [0.15, 0.2) is 41.5 Å². The lowest BCUT2D eigenvalue weighted by Gasteiger charge is -2.62. The van der Waals surface area contributed by atoms with Crippen molar-refractivity contribution in [3.8, 4) is 0 Å². The van der Waals surface area contributed by atoms with Crippen molar-refractivity contribution in [2.24, 2.45) is 22.7 Å². The van der Waals surface area contributed by atoms with Crippen molar-refractivity contribution >= 4 is 23.9 Å². The first-order valence-electron chi connectivity index (χ1n) is 14.8. The van der Waals surface area contributed by atoms with E-state index in [1.165, 1.54) is 13.8 Å². The maximum Gasteiger partial charge on any atom is 0.508 e. The quantitative estimate of drug-likeness (QED) is 0.273. The highest BCUT2D eigenvalue weighted by atomic mass is 16.7. The van der Waals surface area contributed by atoms with Crippen LogP contribution in [0.1, 0.15) is 79.7 Å². The zero-order chi connectivity index (χ0) is 32.0. The molecule has 0 aromatic heterocycles. The third-order valence-corrected chi connectivity index (χ3v) is 10.5. The van der Waals surface area contributed by atoms with Gasteiger partial charge in [0.1, 0.15) is 18.3 Å². The van der Waals surface area contributed by atoms with Crippen molar-refractivity contribution in [1.29, 1.82) is 0 Å². The van der Waals surface area contributed by atoms with Crippen LogP contribution in [0.4, 0.5) is 4.79 Å². The number of fused-ring (bicyclic) bond motifs is 3. The highest BCUT2D eigenvalue weighted by molar-refractivity contribution is 5.95. The molecule has 2 N–H and O–H groups in total. The van der Waals surface area contributed by atoms with Gasteiger partial charge in [-0.2, -0.15) is 0 Å². The van der Waals surface area contributed by atoms with Gasteiger partial charge >= 0.3 is 18.1 Å². The maximum absolute atomic E-state index is 14.9. The molecule has 0 aliphatic heterocycles. The van der Waals surface area contributed by atoms with E-state index in [2.05, 4.69) is 0 Å². The van der Waals surface area contributed by atoms with E-state index in [0.717, 1.165) is 11.1 Å². The number of carbonyl (C=O) groups is 4. The standard InChI is InChI=1S/C33H44O10/c1-19-13-14-32(39)16-24-31(7,28(37)27(41-21(3)35)26(19)30(32,5)6)25(15-20(2)33(24,18-34)43-22(4)36)42-29(38)40-17-23-11-9-8-10-12-23/h8-12,20,24-25,27,34,39H,13-18H2,1-7H3/t20-,24+,25+,27-,31+,32-,33+/m1/s1. The summed E-state index contributed by atoms with van der Waals surface area (Å²) in [5, 5.41) is 23.4. The number of ketones is 1. The van der Waals surface area contributed by atoms with E-state index in [0.29, 0.717) is 18.4 Å². The minimum Gasteiger partial charge on any atom is -0.456 e. The predicted molar refractivity (Wildman–Crippen MR) is 154 cm³/mol. The van der Waals surface area contributed by atoms with Crippen LogP contribution in [0, 0.1) is 22.7 Å². The first kappa shape index (κ1) is 32.7. The van der Waals surface area contributed by atoms with Gasteiger partial charge in [-0.05, 0) is 50.7 Å². The van der Waals surface area contributed by atoms with Crippen LogP contribution >= 0.6 is 0 Å². The number of allylic oxidation sites excluding steroid dienone is 1. The summed E-state index contributed by atoms with van der Waals surface area (Å²) in [7, 11) is 0. The lowest BCUT2D eigenvalue weighted by atomic mass is 9.46. The minimum absolute atomic E-state index is 0.0274. The number of hydrogen-bond acceptors (Lipinski definition) is 10. The SMILES string of the molecule is CC(=O)O[C@H]1C(=O)[C@]2(C)[C@@H](OC(=O)OCc3ccccc3)C[C@@H](C)[C@](CO)(OC(C)=O)[C@H]2C[C@]2(O)CCC(C)=C1C2(C)C. The summed E-state index contributed by atoms with van der Waals surface area (Å²) in [5.41, 5.74) is -3.70. The van der Waals surface area contributed by atoms with Crippen molar-refractivity contribution < 1.29 is 48.3 Å². The van der Waals surface area contributed by atoms with Gasteiger partial charge in [-0.25, -0.2) is 4.79 Å². The van der Waals surface area contributed by atoms with Gasteiger partial charge in [-0.15, -0.1) is 0 Å². The molecular weight excluding hydrogens is 556 g/mol. The first-order chi connectivity index (χ1) is 20.0. The normalized spacial score (nSPS) is 35.1. The maximum atomic E-state index is 14.9. The Kier molecular flexibility index (Phi) is 8.88. The topological polar surface area (TPSA) is 146 Å². The van der Waals surface area contributed by atoms with Gasteiger partial charge in [-0.3, -0.25) is 14.4 Å². The van der Waals surface area contributed by atoms with Gasteiger partial charge < -0.3 is 29.2 Å². The largest absolute Gasteiger partial charge is 0.508 e. The summed E-state index contributed by atoms with van der Waals surface area (Å²) in [6.07, 6.45) is -2.78. The van der Waals surface area contributed by atoms with Crippen molar-refractivity contribution in [2.75, 3.05) is 6.61 Å². The Morgan fingerprint density at radius 3 is 2.26 bits per heavy atom. The van der Waals surface area contributed by atoms with Gasteiger partial charge in [0.05, 0.1) is 17.6 Å². The molecule has 0 spiro atoms. The molecule has 2 bridgehead atoms. The van der Waals surface area contributed by atoms with Crippen LogP contribution in [0.25, 0.3) is 0 Å². The Morgan fingerprint density at radius 2 is 1.67 bits per heavy atom. The number of aliphatic hydroxyl groups excluding tert-OH is 1. The Balaban J connectivity index is 1.89. The van der Waals surface area contributed by atoms with Gasteiger partial charge in [0.15, 0.2) is 11.9 Å². The molecule has 1 aromatic carbocycles. The van der Waals surface area contributed by atoms with Crippen molar-refractivity contribution in [1.82, 2.24) is 0 Å². The summed E-state index contributed by atoms with van der Waals surface area (Å²) in [5.74, 6) is -3.54. The average Bonchev–Trinajstić information content (AvgIpc) is 2.93. The lowest BCUT2D eigenvalue weighted by molar-refractivity contribution is -0.245. The molecule has 3 aliphatic rings. The van der Waals surface area contributed by atoms with Crippen molar-refractivity contribution in [3.63, 3.8) is 0 Å². The first-order valence-corrected chi connectivity index (χ1v) is 14.8. The Labute approximate surface area is 252 Å². The number of rotatable bonds is 6. The second kappa shape index (κ2) is 11.7. The zero-order valence-electron chi connectivity index (χ0n) is 26.1. The molecule has 3 aliphatic carbocycles. The van der Waals surface area contributed by atoms with Crippen LogP contribution in [-0.4, -0.2) is 64.1 Å². The molecule has 0 heterocycles. The number of ether oxygens (including phenoxy) is 4. The lowest BCUT2D eigenvalue weighted by Crippen LogP contribution is -2.71. The number of benzene rings is 1. The van der Waals surface area contributed by atoms with Crippen molar-refractivity contribution in [2.45, 2.75) is 104 Å². The molecule has 0 radical (unpaired) electrons. The van der Waals surface area contributed by atoms with E-state index in [1.54, 1.807) is 26.0 Å².